The number of carbonyl (C=O) groups excluding carboxylic acids is 2. The second-order valence-electron chi connectivity index (χ2n) is 6.30. The fourth-order valence-electron chi connectivity index (χ4n) is 3.07. The number of carbonyl (C=O) groups is 2. The molecule has 2 aromatic rings. The lowest BCUT2D eigenvalue weighted by atomic mass is 9.97. The van der Waals surface area contributed by atoms with Crippen LogP contribution in [0, 0.1) is 11.7 Å². The molecule has 25 heavy (non-hydrogen) atoms. The van der Waals surface area contributed by atoms with Gasteiger partial charge in [-0.15, -0.1) is 0 Å². The minimum Gasteiger partial charge on any atom is -0.352 e. The van der Waals surface area contributed by atoms with Crippen molar-refractivity contribution < 1.29 is 14.0 Å². The Morgan fingerprint density at radius 1 is 1.08 bits per heavy atom. The Labute approximate surface area is 146 Å². The number of piperidine rings is 1. The van der Waals surface area contributed by atoms with Gasteiger partial charge in [0, 0.05) is 17.7 Å². The summed E-state index contributed by atoms with van der Waals surface area (Å²) >= 11 is 0. The summed E-state index contributed by atoms with van der Waals surface area (Å²) in [4.78, 5) is 25.2. The van der Waals surface area contributed by atoms with Gasteiger partial charge in [-0.05, 0) is 62.2 Å². The number of halogens is 1. The maximum absolute atomic E-state index is 13.1. The highest BCUT2D eigenvalue weighted by atomic mass is 19.1. The Balaban J connectivity index is 1.74. The third-order valence-corrected chi connectivity index (χ3v) is 4.47. The summed E-state index contributed by atoms with van der Waals surface area (Å²) in [7, 11) is 0. The highest BCUT2D eigenvalue weighted by Crippen LogP contribution is 2.16. The molecule has 1 aliphatic rings. The van der Waals surface area contributed by atoms with E-state index in [1.807, 2.05) is 0 Å². The van der Waals surface area contributed by atoms with Gasteiger partial charge in [0.25, 0.3) is 5.91 Å². The molecule has 1 fully saturated rings. The zero-order valence-electron chi connectivity index (χ0n) is 13.9. The van der Waals surface area contributed by atoms with Gasteiger partial charge in [0.1, 0.15) is 5.82 Å². The van der Waals surface area contributed by atoms with Gasteiger partial charge >= 0.3 is 0 Å². The van der Waals surface area contributed by atoms with Crippen LogP contribution in [0.5, 0.6) is 0 Å². The Morgan fingerprint density at radius 2 is 1.80 bits per heavy atom. The summed E-state index contributed by atoms with van der Waals surface area (Å²) in [6.07, 6.45) is 2.20. The molecule has 0 saturated carbocycles. The van der Waals surface area contributed by atoms with Gasteiger partial charge in [-0.3, -0.25) is 9.59 Å². The molecule has 4 nitrogen and oxygen atoms in total. The number of ketones is 1. The van der Waals surface area contributed by atoms with Gasteiger partial charge < -0.3 is 10.6 Å². The first kappa shape index (κ1) is 17.3. The summed E-state index contributed by atoms with van der Waals surface area (Å²) in [5, 5.41) is 6.25. The average Bonchev–Trinajstić information content (AvgIpc) is 2.67. The van der Waals surface area contributed by atoms with Crippen LogP contribution in [-0.2, 0) is 0 Å². The molecule has 1 aliphatic heterocycles. The number of nitrogens with one attached hydrogen (secondary N) is 2. The molecule has 5 heteroatoms. The van der Waals surface area contributed by atoms with E-state index in [1.54, 1.807) is 24.3 Å². The summed E-state index contributed by atoms with van der Waals surface area (Å²) in [5.74, 6) is -0.525. The monoisotopic (exact) mass is 340 g/mol. The van der Waals surface area contributed by atoms with Crippen LogP contribution < -0.4 is 10.6 Å². The molecule has 2 N–H and O–H groups in total. The quantitative estimate of drug-likeness (QED) is 0.823. The Hall–Kier alpha value is -2.53. The van der Waals surface area contributed by atoms with Gasteiger partial charge in [0.15, 0.2) is 5.78 Å². The van der Waals surface area contributed by atoms with Crippen LogP contribution in [0.25, 0.3) is 0 Å². The zero-order valence-corrected chi connectivity index (χ0v) is 13.9. The molecule has 2 aromatic carbocycles. The van der Waals surface area contributed by atoms with E-state index in [9.17, 15) is 14.0 Å². The molecular weight excluding hydrogens is 319 g/mol. The van der Waals surface area contributed by atoms with Crippen molar-refractivity contribution in [2.24, 2.45) is 5.92 Å². The molecule has 0 radical (unpaired) electrons. The first-order valence-corrected chi connectivity index (χ1v) is 8.53. The molecule has 1 saturated heterocycles. The Morgan fingerprint density at radius 3 is 2.48 bits per heavy atom. The lowest BCUT2D eigenvalue weighted by molar-refractivity contribution is 0.0934. The van der Waals surface area contributed by atoms with Crippen molar-refractivity contribution in [2.45, 2.75) is 12.8 Å². The molecule has 130 valence electrons. The van der Waals surface area contributed by atoms with Crippen molar-refractivity contribution in [3.8, 4) is 0 Å². The molecule has 1 atom stereocenters. The van der Waals surface area contributed by atoms with Crippen LogP contribution in [0.15, 0.2) is 48.5 Å². The Kier molecular flexibility index (Phi) is 5.56. The van der Waals surface area contributed by atoms with E-state index in [-0.39, 0.29) is 11.7 Å². The van der Waals surface area contributed by atoms with Gasteiger partial charge in [0.05, 0.1) is 5.56 Å². The minimum absolute atomic E-state index is 0.253. The van der Waals surface area contributed by atoms with Crippen LogP contribution in [0.4, 0.5) is 4.39 Å². The normalized spacial score (nSPS) is 17.1. The number of amides is 1. The summed E-state index contributed by atoms with van der Waals surface area (Å²) in [6.45, 7) is 2.51. The van der Waals surface area contributed by atoms with Crippen molar-refractivity contribution in [1.82, 2.24) is 10.6 Å². The van der Waals surface area contributed by atoms with Crippen molar-refractivity contribution in [1.29, 1.82) is 0 Å². The maximum Gasteiger partial charge on any atom is 0.252 e. The van der Waals surface area contributed by atoms with Gasteiger partial charge in [-0.2, -0.15) is 0 Å². The molecular formula is C20H21FN2O2. The predicted molar refractivity (Wildman–Crippen MR) is 94.2 cm³/mol. The predicted octanol–water partition coefficient (Wildman–Crippen LogP) is 2.79. The van der Waals surface area contributed by atoms with E-state index in [0.29, 0.717) is 29.2 Å². The second kappa shape index (κ2) is 8.03. The Bertz CT molecular complexity index is 753. The van der Waals surface area contributed by atoms with Gasteiger partial charge in [-0.25, -0.2) is 4.39 Å². The largest absolute Gasteiger partial charge is 0.352 e. The molecule has 1 amide bonds. The average molecular weight is 340 g/mol. The molecule has 0 bridgehead atoms. The van der Waals surface area contributed by atoms with E-state index in [1.165, 1.54) is 24.3 Å². The fourth-order valence-corrected chi connectivity index (χ4v) is 3.07. The summed E-state index contributed by atoms with van der Waals surface area (Å²) in [6, 6.07) is 12.1. The molecule has 3 rings (SSSR count). The maximum atomic E-state index is 13.1. The molecule has 0 aliphatic carbocycles. The molecule has 0 spiro atoms. The number of benzene rings is 2. The topological polar surface area (TPSA) is 58.2 Å². The number of hydrogen-bond acceptors (Lipinski definition) is 3. The van der Waals surface area contributed by atoms with Crippen molar-refractivity contribution in [2.75, 3.05) is 19.6 Å². The van der Waals surface area contributed by atoms with E-state index < -0.39 is 5.82 Å². The van der Waals surface area contributed by atoms with Gasteiger partial charge in [0.2, 0.25) is 0 Å². The van der Waals surface area contributed by atoms with E-state index in [0.717, 1.165) is 25.9 Å². The third kappa shape index (κ3) is 4.31. The lowest BCUT2D eigenvalue weighted by Gasteiger charge is -2.23. The number of rotatable bonds is 5. The van der Waals surface area contributed by atoms with Crippen molar-refractivity contribution in [3.63, 3.8) is 0 Å². The van der Waals surface area contributed by atoms with Crippen molar-refractivity contribution >= 4 is 11.7 Å². The van der Waals surface area contributed by atoms with Crippen LogP contribution in [0.3, 0.4) is 0 Å². The molecule has 1 unspecified atom stereocenters. The lowest BCUT2D eigenvalue weighted by Crippen LogP contribution is -2.38. The minimum atomic E-state index is -0.399. The standard InChI is InChI=1S/C20H21FN2O2/c21-16-9-7-15(8-10-16)19(24)17-5-1-2-6-18(17)20(25)23-13-14-4-3-11-22-12-14/h1-2,5-10,14,22H,3-4,11-13H2,(H,23,25). The van der Waals surface area contributed by atoms with Crippen LogP contribution in [0.1, 0.15) is 39.1 Å². The smallest absolute Gasteiger partial charge is 0.252 e. The van der Waals surface area contributed by atoms with E-state index >= 15 is 0 Å². The molecule has 1 heterocycles. The SMILES string of the molecule is O=C(NCC1CCCNC1)c1ccccc1C(=O)c1ccc(F)cc1. The summed E-state index contributed by atoms with van der Waals surface area (Å²) in [5.41, 5.74) is 1.03. The van der Waals surface area contributed by atoms with E-state index in [2.05, 4.69) is 10.6 Å². The number of hydrogen-bond donors (Lipinski definition) is 2. The highest BCUT2D eigenvalue weighted by Gasteiger charge is 2.19. The van der Waals surface area contributed by atoms with E-state index in [4.69, 9.17) is 0 Å². The zero-order chi connectivity index (χ0) is 17.6. The van der Waals surface area contributed by atoms with Crippen molar-refractivity contribution in [3.05, 3.63) is 71.0 Å². The highest BCUT2D eigenvalue weighted by molar-refractivity contribution is 6.15. The van der Waals surface area contributed by atoms with Crippen LogP contribution >= 0.6 is 0 Å². The van der Waals surface area contributed by atoms with Crippen LogP contribution in [0.2, 0.25) is 0 Å². The first-order valence-electron chi connectivity index (χ1n) is 8.53. The fraction of sp³-hybridized carbons (Fsp3) is 0.300. The van der Waals surface area contributed by atoms with Gasteiger partial charge in [-0.1, -0.05) is 18.2 Å². The third-order valence-electron chi connectivity index (χ3n) is 4.47. The summed E-state index contributed by atoms with van der Waals surface area (Å²) < 4.78 is 13.1. The first-order chi connectivity index (χ1) is 12.1. The molecule has 0 aromatic heterocycles. The van der Waals surface area contributed by atoms with Crippen LogP contribution in [-0.4, -0.2) is 31.3 Å². The second-order valence-corrected chi connectivity index (χ2v) is 6.30.